The molecule has 3 N–H and O–H groups in total. The number of hydrogen-bond acceptors (Lipinski definition) is 6. The topological polar surface area (TPSA) is 129 Å². The van der Waals surface area contributed by atoms with E-state index in [1.54, 1.807) is 37.4 Å². The monoisotopic (exact) mass is 509 g/mol. The summed E-state index contributed by atoms with van der Waals surface area (Å²) in [5.41, 5.74) is 2.64. The van der Waals surface area contributed by atoms with Gasteiger partial charge in [-0.2, -0.15) is 0 Å². The number of terminal acetylenes is 1. The lowest BCUT2D eigenvalue weighted by molar-refractivity contribution is -0.140. The van der Waals surface area contributed by atoms with Gasteiger partial charge in [-0.15, -0.1) is 6.42 Å². The normalized spacial score (nSPS) is 11.4. The summed E-state index contributed by atoms with van der Waals surface area (Å²) in [7, 11) is 1.56. The number of carbonyl (C=O) groups is 3. The molecule has 186 valence electrons. The second-order valence-electron chi connectivity index (χ2n) is 7.90. The molecule has 0 aliphatic carbocycles. The molecule has 0 saturated carbocycles. The van der Waals surface area contributed by atoms with E-state index in [9.17, 15) is 19.5 Å². The molecule has 0 saturated heterocycles. The van der Waals surface area contributed by atoms with Crippen molar-refractivity contribution in [1.82, 2.24) is 10.3 Å². The van der Waals surface area contributed by atoms with Crippen molar-refractivity contribution in [2.75, 3.05) is 18.6 Å². The predicted octanol–water partition coefficient (Wildman–Crippen LogP) is 3.58. The number of hydrogen-bond donors (Lipinski definition) is 3. The average Bonchev–Trinajstić information content (AvgIpc) is 2.85. The van der Waals surface area contributed by atoms with E-state index in [0.29, 0.717) is 29.5 Å². The molecular weight excluding hydrogens is 486 g/mol. The van der Waals surface area contributed by atoms with E-state index in [4.69, 9.17) is 27.9 Å². The molecule has 3 rings (SSSR count). The van der Waals surface area contributed by atoms with E-state index < -0.39 is 23.9 Å². The predicted molar refractivity (Wildman–Crippen MR) is 135 cm³/mol. The number of rotatable bonds is 11. The molecule has 0 fully saturated rings. The van der Waals surface area contributed by atoms with E-state index in [1.165, 1.54) is 0 Å². The highest BCUT2D eigenvalue weighted by atomic mass is 35.5. The first kappa shape index (κ1) is 26.3. The summed E-state index contributed by atoms with van der Waals surface area (Å²) in [4.78, 5) is 40.9. The molecule has 1 atom stereocenters. The van der Waals surface area contributed by atoms with Crippen LogP contribution in [0.4, 0.5) is 5.69 Å². The highest BCUT2D eigenvalue weighted by Gasteiger charge is 2.22. The van der Waals surface area contributed by atoms with Crippen LogP contribution in [0.25, 0.3) is 10.9 Å². The van der Waals surface area contributed by atoms with Gasteiger partial charge in [0, 0.05) is 35.7 Å². The summed E-state index contributed by atoms with van der Waals surface area (Å²) in [6.45, 7) is 0.767. The molecular formula is C26H24ClN3O6. The summed E-state index contributed by atoms with van der Waals surface area (Å²) in [5.74, 6) is 0.181. The van der Waals surface area contributed by atoms with Crippen LogP contribution in [-0.2, 0) is 16.1 Å². The van der Waals surface area contributed by atoms with Gasteiger partial charge >= 0.3 is 11.9 Å². The number of carboxylic acid groups (broad SMARTS) is 2. The molecule has 0 aliphatic rings. The molecule has 0 bridgehead atoms. The van der Waals surface area contributed by atoms with Crippen molar-refractivity contribution < 1.29 is 29.3 Å². The van der Waals surface area contributed by atoms with Gasteiger partial charge in [0.25, 0.3) is 5.91 Å². The summed E-state index contributed by atoms with van der Waals surface area (Å²) < 4.78 is 5.43. The molecule has 9 nitrogen and oxygen atoms in total. The number of aliphatic carboxylic acids is 2. The third-order valence-electron chi connectivity index (χ3n) is 5.42. The number of fused-ring (bicyclic) bond motifs is 1. The number of amides is 1. The van der Waals surface area contributed by atoms with E-state index in [0.717, 1.165) is 16.6 Å². The SMILES string of the molecule is C#CCN(Cc1ccc2nc(Cl)cc(OC)c2c1)c1ccc(C(=O)N[C@@H](CCC(=O)O)C(=O)O)cc1. The highest BCUT2D eigenvalue weighted by molar-refractivity contribution is 6.30. The molecule has 36 heavy (non-hydrogen) atoms. The molecule has 1 aromatic heterocycles. The van der Waals surface area contributed by atoms with Gasteiger partial charge < -0.3 is 25.2 Å². The highest BCUT2D eigenvalue weighted by Crippen LogP contribution is 2.29. The van der Waals surface area contributed by atoms with Crippen LogP contribution < -0.4 is 15.0 Å². The van der Waals surface area contributed by atoms with Gasteiger partial charge in [-0.25, -0.2) is 9.78 Å². The lowest BCUT2D eigenvalue weighted by atomic mass is 10.1. The smallest absolute Gasteiger partial charge is 0.326 e. The molecule has 2 aromatic carbocycles. The zero-order valence-electron chi connectivity index (χ0n) is 19.4. The number of pyridine rings is 1. The van der Waals surface area contributed by atoms with Crippen LogP contribution in [0.5, 0.6) is 5.75 Å². The number of aromatic nitrogens is 1. The third kappa shape index (κ3) is 6.64. The third-order valence-corrected chi connectivity index (χ3v) is 5.62. The number of carboxylic acids is 2. The minimum Gasteiger partial charge on any atom is -0.496 e. The molecule has 1 amide bonds. The van der Waals surface area contributed by atoms with Crippen molar-refractivity contribution in [2.24, 2.45) is 0 Å². The summed E-state index contributed by atoms with van der Waals surface area (Å²) in [6, 6.07) is 12.6. The van der Waals surface area contributed by atoms with Crippen molar-refractivity contribution in [2.45, 2.75) is 25.4 Å². The van der Waals surface area contributed by atoms with E-state index in [1.807, 2.05) is 23.1 Å². The number of anilines is 1. The molecule has 3 aromatic rings. The van der Waals surface area contributed by atoms with Crippen molar-refractivity contribution >= 4 is 46.0 Å². The number of ether oxygens (including phenoxy) is 1. The van der Waals surface area contributed by atoms with Crippen molar-refractivity contribution in [3.63, 3.8) is 0 Å². The maximum Gasteiger partial charge on any atom is 0.326 e. The maximum atomic E-state index is 12.5. The van der Waals surface area contributed by atoms with E-state index in [2.05, 4.69) is 16.2 Å². The zero-order chi connectivity index (χ0) is 26.2. The van der Waals surface area contributed by atoms with Crippen LogP contribution in [0.2, 0.25) is 5.15 Å². The second kappa shape index (κ2) is 11.9. The first-order valence-corrected chi connectivity index (χ1v) is 11.3. The van der Waals surface area contributed by atoms with Crippen molar-refractivity contribution in [1.29, 1.82) is 0 Å². The Morgan fingerprint density at radius 2 is 1.89 bits per heavy atom. The van der Waals surface area contributed by atoms with E-state index >= 15 is 0 Å². The average molecular weight is 510 g/mol. The number of methoxy groups -OCH3 is 1. The van der Waals surface area contributed by atoms with Gasteiger partial charge in [0.05, 0.1) is 19.2 Å². The van der Waals surface area contributed by atoms with Crippen molar-refractivity contribution in [3.8, 4) is 18.1 Å². The molecule has 0 aliphatic heterocycles. The van der Waals surface area contributed by atoms with Crippen molar-refractivity contribution in [3.05, 3.63) is 64.8 Å². The Bertz CT molecular complexity index is 1320. The summed E-state index contributed by atoms with van der Waals surface area (Å²) in [6.07, 6.45) is 4.99. The Hall–Kier alpha value is -4.29. The van der Waals surface area contributed by atoms with Gasteiger partial charge in [-0.1, -0.05) is 23.6 Å². The first-order chi connectivity index (χ1) is 17.2. The number of nitrogens with zero attached hydrogens (tertiary/aromatic N) is 2. The van der Waals surface area contributed by atoms with Gasteiger partial charge in [0.1, 0.15) is 16.9 Å². The molecule has 0 radical (unpaired) electrons. The Morgan fingerprint density at radius 3 is 2.50 bits per heavy atom. The lowest BCUT2D eigenvalue weighted by Gasteiger charge is -2.23. The number of halogens is 1. The van der Waals surface area contributed by atoms with E-state index in [-0.39, 0.29) is 18.4 Å². The number of nitrogens with one attached hydrogen (secondary N) is 1. The van der Waals surface area contributed by atoms with Crippen LogP contribution >= 0.6 is 11.6 Å². The Labute approximate surface area is 212 Å². The van der Waals surface area contributed by atoms with Crippen LogP contribution in [0.1, 0.15) is 28.8 Å². The molecule has 0 spiro atoms. The maximum absolute atomic E-state index is 12.5. The fraction of sp³-hybridized carbons (Fsp3) is 0.231. The fourth-order valence-electron chi connectivity index (χ4n) is 3.64. The number of carbonyl (C=O) groups excluding carboxylic acids is 1. The summed E-state index contributed by atoms with van der Waals surface area (Å²) in [5, 5.41) is 21.5. The quantitative estimate of drug-likeness (QED) is 0.264. The van der Waals surface area contributed by atoms with Gasteiger partial charge in [0.2, 0.25) is 0 Å². The standard InChI is InChI=1S/C26H24ClN3O6/c1-3-12-30(15-16-4-9-20-19(13-16)22(36-2)14-23(27)28-20)18-7-5-17(6-8-18)25(33)29-21(26(34)35)10-11-24(31)32/h1,4-9,13-14,21H,10-12,15H2,2H3,(H,29,33)(H,31,32)(H,34,35)/t21-/m0/s1. The Kier molecular flexibility index (Phi) is 8.71. The minimum absolute atomic E-state index is 0.220. The van der Waals surface area contributed by atoms with Gasteiger partial charge in [0.15, 0.2) is 0 Å². The minimum atomic E-state index is -1.31. The zero-order valence-corrected chi connectivity index (χ0v) is 20.2. The largest absolute Gasteiger partial charge is 0.496 e. The molecule has 10 heteroatoms. The Morgan fingerprint density at radius 1 is 1.17 bits per heavy atom. The Balaban J connectivity index is 1.77. The lowest BCUT2D eigenvalue weighted by Crippen LogP contribution is -2.41. The van der Waals surface area contributed by atoms with Crippen LogP contribution in [0, 0.1) is 12.3 Å². The number of benzene rings is 2. The molecule has 1 heterocycles. The second-order valence-corrected chi connectivity index (χ2v) is 8.29. The molecule has 0 unspecified atom stereocenters. The van der Waals surface area contributed by atoms with Crippen LogP contribution in [-0.4, -0.2) is 52.7 Å². The van der Waals surface area contributed by atoms with Crippen LogP contribution in [0.3, 0.4) is 0 Å². The van der Waals surface area contributed by atoms with Crippen LogP contribution in [0.15, 0.2) is 48.5 Å². The summed E-state index contributed by atoms with van der Waals surface area (Å²) >= 11 is 6.05. The fourth-order valence-corrected chi connectivity index (χ4v) is 3.83. The van der Waals surface area contributed by atoms with Gasteiger partial charge in [-0.05, 0) is 48.4 Å². The first-order valence-electron chi connectivity index (χ1n) is 10.9. The van der Waals surface area contributed by atoms with Gasteiger partial charge in [-0.3, -0.25) is 9.59 Å².